The minimum Gasteiger partial charge on any atom is -0.444 e. The molecular weight excluding hydrogens is 489 g/mol. The van der Waals surface area contributed by atoms with E-state index in [-0.39, 0.29) is 18.4 Å². The number of carbonyl (C=O) groups excluding carboxylic acids is 3. The number of hydrogen-bond acceptors (Lipinski definition) is 6. The Morgan fingerprint density at radius 2 is 1.92 bits per heavy atom. The van der Waals surface area contributed by atoms with E-state index in [4.69, 9.17) is 10.5 Å². The monoisotopic (exact) mass is 529 g/mol. The van der Waals surface area contributed by atoms with Crippen LogP contribution in [-0.4, -0.2) is 84.2 Å². The summed E-state index contributed by atoms with van der Waals surface area (Å²) in [6.07, 6.45) is 2.94. The lowest BCUT2D eigenvalue weighted by molar-refractivity contribution is -0.132. The minimum absolute atomic E-state index is 0.00364. The van der Waals surface area contributed by atoms with Crippen LogP contribution in [0.3, 0.4) is 0 Å². The number of carbonyl (C=O) groups is 3. The average Bonchev–Trinajstić information content (AvgIpc) is 3.60. The lowest BCUT2D eigenvalue weighted by atomic mass is 9.97. The van der Waals surface area contributed by atoms with E-state index in [1.165, 1.54) is 11.0 Å². The topological polar surface area (TPSA) is 108 Å². The zero-order valence-corrected chi connectivity index (χ0v) is 22.8. The molecule has 4 fully saturated rings. The van der Waals surface area contributed by atoms with Gasteiger partial charge in [-0.25, -0.2) is 9.18 Å². The molecular formula is C28H40FN5O4. The van der Waals surface area contributed by atoms with Gasteiger partial charge in [0.2, 0.25) is 11.8 Å². The molecule has 0 spiro atoms. The molecule has 1 aromatic rings. The van der Waals surface area contributed by atoms with Gasteiger partial charge in [0.15, 0.2) is 0 Å². The maximum Gasteiger partial charge on any atom is 0.411 e. The average molecular weight is 530 g/mol. The van der Waals surface area contributed by atoms with Crippen molar-refractivity contribution in [2.75, 3.05) is 31.6 Å². The zero-order valence-electron chi connectivity index (χ0n) is 22.8. The lowest BCUT2D eigenvalue weighted by Crippen LogP contribution is -2.57. The third-order valence-electron chi connectivity index (χ3n) is 8.77. The number of likely N-dealkylation sites (tertiary alicyclic amines) is 2. The normalized spacial score (nSPS) is 29.4. The Bertz CT molecular complexity index is 1110. The molecule has 2 bridgehead atoms. The largest absolute Gasteiger partial charge is 0.444 e. The lowest BCUT2D eigenvalue weighted by Gasteiger charge is -2.36. The Labute approximate surface area is 223 Å². The first-order valence-electron chi connectivity index (χ1n) is 13.8. The summed E-state index contributed by atoms with van der Waals surface area (Å²) in [5, 5.41) is 2.72. The molecule has 3 N–H and O–H groups in total. The SMILES string of the molecule is CN1CCC2CN(c3ccc(C[C@H](NC(=O)[C@@H]4C5CCC(C5)N4C(=O)OC(C)(C)C)C(N)=O)c(F)c3)CC21. The fourth-order valence-corrected chi connectivity index (χ4v) is 6.88. The van der Waals surface area contributed by atoms with E-state index in [1.807, 2.05) is 6.07 Å². The van der Waals surface area contributed by atoms with Crippen molar-refractivity contribution in [1.29, 1.82) is 0 Å². The maximum absolute atomic E-state index is 15.2. The highest BCUT2D eigenvalue weighted by Gasteiger charge is 2.53. The summed E-state index contributed by atoms with van der Waals surface area (Å²) in [6, 6.07) is 3.67. The first kappa shape index (κ1) is 26.7. The Morgan fingerprint density at radius 1 is 1.16 bits per heavy atom. The molecule has 1 aliphatic carbocycles. The van der Waals surface area contributed by atoms with Crippen LogP contribution in [-0.2, 0) is 20.7 Å². The smallest absolute Gasteiger partial charge is 0.411 e. The summed E-state index contributed by atoms with van der Waals surface area (Å²) >= 11 is 0. The molecule has 1 aromatic carbocycles. The number of piperidine rings is 1. The van der Waals surface area contributed by atoms with Gasteiger partial charge < -0.3 is 25.6 Å². The predicted molar refractivity (Wildman–Crippen MR) is 141 cm³/mol. The second-order valence-corrected chi connectivity index (χ2v) is 12.5. The molecule has 0 aromatic heterocycles. The molecule has 3 aliphatic heterocycles. The quantitative estimate of drug-likeness (QED) is 0.586. The van der Waals surface area contributed by atoms with E-state index in [0.717, 1.165) is 51.0 Å². The number of amides is 3. The van der Waals surface area contributed by atoms with Crippen LogP contribution in [0.2, 0.25) is 0 Å². The summed E-state index contributed by atoms with van der Waals surface area (Å²) in [7, 11) is 2.14. The van der Waals surface area contributed by atoms with Gasteiger partial charge in [-0.15, -0.1) is 0 Å². The predicted octanol–water partition coefficient (Wildman–Crippen LogP) is 2.27. The van der Waals surface area contributed by atoms with Crippen LogP contribution in [0.5, 0.6) is 0 Å². The summed E-state index contributed by atoms with van der Waals surface area (Å²) in [5.74, 6) is -1.02. The molecule has 1 saturated carbocycles. The Morgan fingerprint density at radius 3 is 2.58 bits per heavy atom. The number of nitrogens with zero attached hydrogens (tertiary/aromatic N) is 3. The van der Waals surface area contributed by atoms with Gasteiger partial charge in [-0.3, -0.25) is 14.5 Å². The third-order valence-corrected chi connectivity index (χ3v) is 8.77. The van der Waals surface area contributed by atoms with Crippen LogP contribution in [0.4, 0.5) is 14.9 Å². The highest BCUT2D eigenvalue weighted by molar-refractivity contribution is 5.91. The van der Waals surface area contributed by atoms with E-state index in [0.29, 0.717) is 17.5 Å². The first-order chi connectivity index (χ1) is 17.9. The van der Waals surface area contributed by atoms with Gasteiger partial charge in [0.05, 0.1) is 0 Å². The molecule has 3 saturated heterocycles. The third kappa shape index (κ3) is 5.19. The number of benzene rings is 1. The van der Waals surface area contributed by atoms with Gasteiger partial charge in [0, 0.05) is 37.3 Å². The van der Waals surface area contributed by atoms with Crippen molar-refractivity contribution in [3.63, 3.8) is 0 Å². The molecule has 5 rings (SSSR count). The highest BCUT2D eigenvalue weighted by Crippen LogP contribution is 2.43. The van der Waals surface area contributed by atoms with E-state index < -0.39 is 41.4 Å². The van der Waals surface area contributed by atoms with Crippen LogP contribution >= 0.6 is 0 Å². The van der Waals surface area contributed by atoms with Crippen molar-refractivity contribution in [2.24, 2.45) is 17.6 Å². The number of hydrogen-bond donors (Lipinski definition) is 2. The number of rotatable bonds is 6. The summed E-state index contributed by atoms with van der Waals surface area (Å²) in [4.78, 5) is 44.7. The maximum atomic E-state index is 15.2. The summed E-state index contributed by atoms with van der Waals surface area (Å²) in [6.45, 7) is 8.23. The van der Waals surface area contributed by atoms with Crippen molar-refractivity contribution in [3.05, 3.63) is 29.6 Å². The van der Waals surface area contributed by atoms with Gasteiger partial charge in [0.1, 0.15) is 23.5 Å². The Balaban J connectivity index is 1.26. The molecule has 208 valence electrons. The molecule has 3 amide bonds. The first-order valence-corrected chi connectivity index (χ1v) is 13.8. The van der Waals surface area contributed by atoms with Gasteiger partial charge in [-0.1, -0.05) is 6.07 Å². The second kappa shape index (κ2) is 10.0. The van der Waals surface area contributed by atoms with Crippen molar-refractivity contribution >= 4 is 23.6 Å². The number of halogens is 1. The number of nitrogens with one attached hydrogen (secondary N) is 1. The number of primary amides is 1. The number of likely N-dealkylation sites (N-methyl/N-ethyl adjacent to an activating group) is 1. The Kier molecular flexibility index (Phi) is 7.04. The molecule has 4 aliphatic rings. The summed E-state index contributed by atoms with van der Waals surface area (Å²) < 4.78 is 20.8. The van der Waals surface area contributed by atoms with Crippen LogP contribution < -0.4 is 16.0 Å². The minimum atomic E-state index is -1.10. The van der Waals surface area contributed by atoms with E-state index in [1.54, 1.807) is 26.8 Å². The van der Waals surface area contributed by atoms with E-state index in [9.17, 15) is 14.4 Å². The van der Waals surface area contributed by atoms with Gasteiger partial charge >= 0.3 is 6.09 Å². The van der Waals surface area contributed by atoms with E-state index in [2.05, 4.69) is 22.2 Å². The van der Waals surface area contributed by atoms with Crippen LogP contribution in [0.15, 0.2) is 18.2 Å². The van der Waals surface area contributed by atoms with Crippen molar-refractivity contribution < 1.29 is 23.5 Å². The zero-order chi connectivity index (χ0) is 27.4. The highest BCUT2D eigenvalue weighted by atomic mass is 19.1. The van der Waals surface area contributed by atoms with E-state index >= 15 is 4.39 Å². The van der Waals surface area contributed by atoms with Crippen LogP contribution in [0, 0.1) is 17.7 Å². The van der Waals surface area contributed by atoms with Crippen LogP contribution in [0.25, 0.3) is 0 Å². The van der Waals surface area contributed by atoms with Crippen molar-refractivity contribution in [3.8, 4) is 0 Å². The molecule has 6 atom stereocenters. The molecule has 4 unspecified atom stereocenters. The van der Waals surface area contributed by atoms with Crippen LogP contribution in [0.1, 0.15) is 52.0 Å². The fraction of sp³-hybridized carbons (Fsp3) is 0.679. The molecule has 0 radical (unpaired) electrons. The molecule has 38 heavy (non-hydrogen) atoms. The van der Waals surface area contributed by atoms with Gasteiger partial charge in [-0.05, 0) is 89.6 Å². The molecule has 9 nitrogen and oxygen atoms in total. The number of nitrogens with two attached hydrogens (primary N) is 1. The number of anilines is 1. The number of fused-ring (bicyclic) bond motifs is 3. The van der Waals surface area contributed by atoms with Crippen molar-refractivity contribution in [1.82, 2.24) is 15.1 Å². The standard InChI is InChI=1S/C28H40FN5O4/c1-28(2,3)38-27(37)34-20-8-6-17(11-20)24(34)26(36)31-22(25(30)35)12-16-5-7-19(13-21(16)29)33-14-18-9-10-32(4)23(18)15-33/h5,7,13,17-18,20,22-24H,6,8-12,14-15H2,1-4H3,(H2,30,35)(H,31,36)/t17?,18?,20?,22-,23?,24-/m0/s1. The second-order valence-electron chi connectivity index (χ2n) is 12.5. The molecule has 10 heteroatoms. The van der Waals surface area contributed by atoms with Gasteiger partial charge in [-0.2, -0.15) is 0 Å². The van der Waals surface area contributed by atoms with Gasteiger partial charge in [0.25, 0.3) is 0 Å². The van der Waals surface area contributed by atoms with Crippen molar-refractivity contribution in [2.45, 2.75) is 82.6 Å². The summed E-state index contributed by atoms with van der Waals surface area (Å²) in [5.41, 5.74) is 6.08. The number of ether oxygens (including phenoxy) is 1. The Hall–Kier alpha value is -2.88. The molecule has 3 heterocycles. The fourth-order valence-electron chi connectivity index (χ4n) is 6.88.